The molecule has 9 heavy (non-hydrogen) atoms. The van der Waals surface area contributed by atoms with Crippen LogP contribution in [-0.2, 0) is 6.04 Å². The van der Waals surface area contributed by atoms with Gasteiger partial charge in [-0.25, -0.2) is 0 Å². The second-order valence-electron chi connectivity index (χ2n) is 1.84. The van der Waals surface area contributed by atoms with Gasteiger partial charge in [0.05, 0.1) is 0 Å². The van der Waals surface area contributed by atoms with Crippen molar-refractivity contribution in [1.29, 1.82) is 0 Å². The lowest BCUT2D eigenvalue weighted by atomic mass is 10.2. The Kier molecular flexibility index (Phi) is 4.01. The summed E-state index contributed by atoms with van der Waals surface area (Å²) in [5, 5.41) is 0. The van der Waals surface area contributed by atoms with Crippen LogP contribution in [0, 0.1) is 0 Å². The largest absolute Gasteiger partial charge is 0.412 e. The molecular weight excluding hydrogens is 128 g/mol. The van der Waals surface area contributed by atoms with Gasteiger partial charge in [-0.05, 0) is 6.04 Å². The average Bonchev–Trinajstić information content (AvgIpc) is 1.90. The van der Waals surface area contributed by atoms with Gasteiger partial charge in [0.2, 0.25) is 0 Å². The molecule has 0 radical (unpaired) electrons. The standard InChI is InChI=1S/C7H10Si.H2O/c8-6-7-4-2-1-3-5-7;/h1-5H,6H2,8H3;1H2. The topological polar surface area (TPSA) is 31.5 Å². The molecule has 0 heterocycles. The third kappa shape index (κ3) is 2.44. The first-order valence-electron chi connectivity index (χ1n) is 2.97. The summed E-state index contributed by atoms with van der Waals surface area (Å²) in [4.78, 5) is 0. The molecule has 0 atom stereocenters. The van der Waals surface area contributed by atoms with Crippen molar-refractivity contribution in [3.8, 4) is 0 Å². The normalized spacial score (nSPS) is 8.44. The molecule has 0 bridgehead atoms. The summed E-state index contributed by atoms with van der Waals surface area (Å²) in [6.45, 7) is 0. The first-order valence-corrected chi connectivity index (χ1v) is 4.39. The summed E-state index contributed by atoms with van der Waals surface area (Å²) in [7, 11) is 1.28. The Morgan fingerprint density at radius 2 is 1.67 bits per heavy atom. The third-order valence-corrected chi connectivity index (χ3v) is 2.07. The molecule has 50 valence electrons. The van der Waals surface area contributed by atoms with Crippen LogP contribution < -0.4 is 0 Å². The minimum Gasteiger partial charge on any atom is -0.412 e. The van der Waals surface area contributed by atoms with Crippen LogP contribution in [0.5, 0.6) is 0 Å². The fourth-order valence-corrected chi connectivity index (χ4v) is 1.19. The average molecular weight is 140 g/mol. The van der Waals surface area contributed by atoms with Gasteiger partial charge in [0.15, 0.2) is 0 Å². The SMILES string of the molecule is O.[SiH3]Cc1ccccc1. The van der Waals surface area contributed by atoms with Gasteiger partial charge in [0, 0.05) is 10.2 Å². The molecule has 0 saturated carbocycles. The number of benzene rings is 1. The lowest BCUT2D eigenvalue weighted by molar-refractivity contribution is 0.824. The lowest BCUT2D eigenvalue weighted by Gasteiger charge is -1.89. The Morgan fingerprint density at radius 1 is 1.11 bits per heavy atom. The van der Waals surface area contributed by atoms with Gasteiger partial charge < -0.3 is 5.48 Å². The van der Waals surface area contributed by atoms with Crippen LogP contribution in [0.3, 0.4) is 0 Å². The molecule has 0 aliphatic rings. The quantitative estimate of drug-likeness (QED) is 0.481. The molecule has 0 unspecified atom stereocenters. The van der Waals surface area contributed by atoms with E-state index in [1.54, 1.807) is 0 Å². The van der Waals surface area contributed by atoms with Gasteiger partial charge in [0.1, 0.15) is 0 Å². The second kappa shape index (κ2) is 4.29. The zero-order valence-corrected chi connectivity index (χ0v) is 7.59. The summed E-state index contributed by atoms with van der Waals surface area (Å²) < 4.78 is 0. The zero-order chi connectivity index (χ0) is 5.82. The van der Waals surface area contributed by atoms with E-state index in [1.165, 1.54) is 21.9 Å². The van der Waals surface area contributed by atoms with Crippen molar-refractivity contribution in [2.24, 2.45) is 0 Å². The summed E-state index contributed by atoms with van der Waals surface area (Å²) in [5.74, 6) is 0. The highest BCUT2D eigenvalue weighted by molar-refractivity contribution is 6.08. The minimum absolute atomic E-state index is 0. The van der Waals surface area contributed by atoms with Crippen LogP contribution in [0.1, 0.15) is 5.56 Å². The van der Waals surface area contributed by atoms with Crippen LogP contribution in [0.4, 0.5) is 0 Å². The van der Waals surface area contributed by atoms with Gasteiger partial charge >= 0.3 is 0 Å². The fraction of sp³-hybridized carbons (Fsp3) is 0.143. The van der Waals surface area contributed by atoms with Crippen LogP contribution >= 0.6 is 0 Å². The fourth-order valence-electron chi connectivity index (χ4n) is 0.714. The molecule has 2 N–H and O–H groups in total. The maximum absolute atomic E-state index is 2.17. The highest BCUT2D eigenvalue weighted by atomic mass is 28.1. The molecule has 0 saturated heterocycles. The minimum atomic E-state index is 0. The predicted octanol–water partition coefficient (Wildman–Crippen LogP) is -0.273. The van der Waals surface area contributed by atoms with Crippen LogP contribution in [-0.4, -0.2) is 15.7 Å². The van der Waals surface area contributed by atoms with E-state index in [0.717, 1.165) is 0 Å². The summed E-state index contributed by atoms with van der Waals surface area (Å²) in [6, 6.07) is 11.9. The van der Waals surface area contributed by atoms with Gasteiger partial charge in [-0.3, -0.25) is 0 Å². The van der Waals surface area contributed by atoms with Crippen LogP contribution in [0.25, 0.3) is 0 Å². The van der Waals surface area contributed by atoms with Crippen molar-refractivity contribution >= 4 is 10.2 Å². The molecular formula is C7H12OSi. The Balaban J connectivity index is 0.000000640. The summed E-state index contributed by atoms with van der Waals surface area (Å²) in [6.07, 6.45) is 0. The van der Waals surface area contributed by atoms with E-state index >= 15 is 0 Å². The summed E-state index contributed by atoms with van der Waals surface area (Å²) >= 11 is 0. The first-order chi connectivity index (χ1) is 3.93. The van der Waals surface area contributed by atoms with Crippen molar-refractivity contribution in [1.82, 2.24) is 0 Å². The van der Waals surface area contributed by atoms with Crippen molar-refractivity contribution in [3.05, 3.63) is 35.9 Å². The third-order valence-electron chi connectivity index (χ3n) is 1.25. The van der Waals surface area contributed by atoms with Gasteiger partial charge in [-0.1, -0.05) is 35.9 Å². The van der Waals surface area contributed by atoms with E-state index in [-0.39, 0.29) is 5.48 Å². The molecule has 1 aromatic rings. The Morgan fingerprint density at radius 3 is 2.00 bits per heavy atom. The van der Waals surface area contributed by atoms with Gasteiger partial charge in [-0.2, -0.15) is 0 Å². The number of hydrogen-bond acceptors (Lipinski definition) is 0. The second-order valence-corrected chi connectivity index (χ2v) is 2.55. The molecule has 0 amide bonds. The monoisotopic (exact) mass is 140 g/mol. The van der Waals surface area contributed by atoms with E-state index in [1.807, 2.05) is 0 Å². The highest BCUT2D eigenvalue weighted by Gasteiger charge is 1.80. The van der Waals surface area contributed by atoms with E-state index in [9.17, 15) is 0 Å². The van der Waals surface area contributed by atoms with E-state index in [4.69, 9.17) is 0 Å². The molecule has 2 heteroatoms. The Labute approximate surface area is 58.4 Å². The van der Waals surface area contributed by atoms with Crippen molar-refractivity contribution in [2.75, 3.05) is 0 Å². The lowest BCUT2D eigenvalue weighted by Crippen LogP contribution is -1.78. The van der Waals surface area contributed by atoms with Crippen molar-refractivity contribution in [3.63, 3.8) is 0 Å². The Bertz CT molecular complexity index is 150. The van der Waals surface area contributed by atoms with Crippen molar-refractivity contribution in [2.45, 2.75) is 6.04 Å². The molecule has 1 aromatic carbocycles. The van der Waals surface area contributed by atoms with E-state index < -0.39 is 0 Å². The maximum Gasteiger partial charge on any atom is 0.00833 e. The molecule has 1 rings (SSSR count). The van der Waals surface area contributed by atoms with Gasteiger partial charge in [-0.15, -0.1) is 0 Å². The number of rotatable bonds is 1. The van der Waals surface area contributed by atoms with Gasteiger partial charge in [0.25, 0.3) is 0 Å². The molecule has 0 aromatic heterocycles. The van der Waals surface area contributed by atoms with Crippen molar-refractivity contribution < 1.29 is 5.48 Å². The first kappa shape index (κ1) is 8.40. The molecule has 0 spiro atoms. The Hall–Kier alpha value is -0.603. The molecule has 0 aliphatic heterocycles. The molecule has 1 nitrogen and oxygen atoms in total. The predicted molar refractivity (Wildman–Crippen MR) is 43.7 cm³/mol. The smallest absolute Gasteiger partial charge is 0.00833 e. The zero-order valence-electron chi connectivity index (χ0n) is 5.59. The summed E-state index contributed by atoms with van der Waals surface area (Å²) in [5.41, 5.74) is 1.47. The van der Waals surface area contributed by atoms with Crippen LogP contribution in [0.2, 0.25) is 0 Å². The van der Waals surface area contributed by atoms with Crippen LogP contribution in [0.15, 0.2) is 30.3 Å². The highest BCUT2D eigenvalue weighted by Crippen LogP contribution is 1.95. The number of hydrogen-bond donors (Lipinski definition) is 0. The van der Waals surface area contributed by atoms with E-state index in [2.05, 4.69) is 30.3 Å². The van der Waals surface area contributed by atoms with E-state index in [0.29, 0.717) is 0 Å². The molecule has 0 fully saturated rings. The maximum atomic E-state index is 2.17. The molecule has 0 aliphatic carbocycles.